The molecule has 0 nitrogen and oxygen atoms in total. The van der Waals surface area contributed by atoms with Crippen molar-refractivity contribution in [2.75, 3.05) is 0 Å². The molecule has 0 aromatic heterocycles. The van der Waals surface area contributed by atoms with E-state index in [2.05, 4.69) is 12.6 Å². The standard InChI is InChI=1S/CHF3S.ClH.4FH/c2-1(3,4)5;;;;;/h5H;5*1H. The number of halogens is 8. The van der Waals surface area contributed by atoms with Gasteiger partial charge >= 0.3 is 5.51 Å². The van der Waals surface area contributed by atoms with Gasteiger partial charge in [-0.1, -0.05) is 12.6 Å². The van der Waals surface area contributed by atoms with Crippen molar-refractivity contribution >= 4 is 25.0 Å². The quantitative estimate of drug-likeness (QED) is 0.469. The highest BCUT2D eigenvalue weighted by atomic mass is 35.5. The van der Waals surface area contributed by atoms with Gasteiger partial charge in [0.2, 0.25) is 0 Å². The molecule has 0 aliphatic heterocycles. The lowest BCUT2D eigenvalue weighted by Crippen LogP contribution is -1.89. The van der Waals surface area contributed by atoms with Crippen LogP contribution in [0.5, 0.6) is 0 Å². The zero-order valence-electron chi connectivity index (χ0n) is 4.12. The minimum Gasteiger partial charge on any atom is -0.269 e. The van der Waals surface area contributed by atoms with Crippen LogP contribution in [0.2, 0.25) is 0 Å². The van der Waals surface area contributed by atoms with E-state index in [1.165, 1.54) is 0 Å². The largest absolute Gasteiger partial charge is 0.438 e. The lowest BCUT2D eigenvalue weighted by atomic mass is 11.6. The third-order valence-corrected chi connectivity index (χ3v) is 0. The molecule has 0 N–H and O–H groups in total. The van der Waals surface area contributed by atoms with Crippen molar-refractivity contribution in [3.8, 4) is 0 Å². The molecule has 0 atom stereocenters. The van der Waals surface area contributed by atoms with Crippen LogP contribution >= 0.6 is 25.0 Å². The van der Waals surface area contributed by atoms with Gasteiger partial charge in [-0.3, -0.25) is 18.8 Å². The summed E-state index contributed by atoms with van der Waals surface area (Å²) >= 11 is 2.12. The minimum absolute atomic E-state index is 0. The van der Waals surface area contributed by atoms with Crippen molar-refractivity contribution in [3.05, 3.63) is 0 Å². The lowest BCUT2D eigenvalue weighted by Gasteiger charge is -1.87. The van der Waals surface area contributed by atoms with Crippen molar-refractivity contribution < 1.29 is 32.0 Å². The summed E-state index contributed by atoms with van der Waals surface area (Å²) < 4.78 is 30.7. The summed E-state index contributed by atoms with van der Waals surface area (Å²) in [5, 5.41) is 0. The maximum absolute atomic E-state index is 10.2. The van der Waals surface area contributed by atoms with Gasteiger partial charge in [-0.25, -0.2) is 0 Å². The molecule has 0 aromatic rings. The number of thiol groups is 1. The molecule has 0 heterocycles. The summed E-state index contributed by atoms with van der Waals surface area (Å²) in [6, 6.07) is 0. The molecule has 0 aliphatic rings. The summed E-state index contributed by atoms with van der Waals surface area (Å²) in [6.45, 7) is 0. The van der Waals surface area contributed by atoms with Gasteiger partial charge in [0.15, 0.2) is 0 Å². The van der Waals surface area contributed by atoms with Gasteiger partial charge in [-0.15, -0.1) is 12.4 Å². The van der Waals surface area contributed by atoms with Crippen molar-refractivity contribution in [2.24, 2.45) is 0 Å². The average molecular weight is 219 g/mol. The maximum atomic E-state index is 10.2. The van der Waals surface area contributed by atoms with E-state index in [9.17, 15) is 13.2 Å². The summed E-state index contributed by atoms with van der Waals surface area (Å²) in [5.74, 6) is 0. The third-order valence-electron chi connectivity index (χ3n) is 0. The van der Waals surface area contributed by atoms with Gasteiger partial charge in [0.1, 0.15) is 0 Å². The molecule has 10 heavy (non-hydrogen) atoms. The second-order valence-electron chi connectivity index (χ2n) is 0.468. The monoisotopic (exact) mass is 218 g/mol. The van der Waals surface area contributed by atoms with Crippen molar-refractivity contribution in [1.29, 1.82) is 0 Å². The zero-order chi connectivity index (χ0) is 4.50. The van der Waals surface area contributed by atoms with E-state index in [0.717, 1.165) is 0 Å². The molecular formula is CH6ClF7S. The molecule has 0 fully saturated rings. The van der Waals surface area contributed by atoms with Crippen molar-refractivity contribution in [3.63, 3.8) is 0 Å². The van der Waals surface area contributed by atoms with Gasteiger partial charge in [-0.05, 0) is 0 Å². The van der Waals surface area contributed by atoms with Crippen LogP contribution in [0.15, 0.2) is 0 Å². The minimum atomic E-state index is -4.31. The van der Waals surface area contributed by atoms with E-state index in [1.807, 2.05) is 0 Å². The molecule has 0 aromatic carbocycles. The van der Waals surface area contributed by atoms with Crippen molar-refractivity contribution in [1.82, 2.24) is 0 Å². The molecule has 9 heteroatoms. The Hall–Kier alpha value is 0.150. The molecule has 0 amide bonds. The van der Waals surface area contributed by atoms with Crippen LogP contribution < -0.4 is 0 Å². The summed E-state index contributed by atoms with van der Waals surface area (Å²) in [4.78, 5) is 0. The summed E-state index contributed by atoms with van der Waals surface area (Å²) in [6.07, 6.45) is 0. The first-order chi connectivity index (χ1) is 2.00. The molecule has 0 unspecified atom stereocenters. The molecule has 0 bridgehead atoms. The Morgan fingerprint density at radius 3 is 0.800 bits per heavy atom. The normalized spacial score (nSPS) is 6.00. The van der Waals surface area contributed by atoms with E-state index in [0.29, 0.717) is 0 Å². The van der Waals surface area contributed by atoms with Gasteiger partial charge in [0.05, 0.1) is 0 Å². The van der Waals surface area contributed by atoms with Gasteiger partial charge in [-0.2, -0.15) is 13.2 Å². The van der Waals surface area contributed by atoms with Crippen LogP contribution in [-0.2, 0) is 0 Å². The predicted molar refractivity (Wildman–Crippen MR) is 32.3 cm³/mol. The molecule has 0 saturated heterocycles. The van der Waals surface area contributed by atoms with E-state index in [1.54, 1.807) is 0 Å². The van der Waals surface area contributed by atoms with E-state index >= 15 is 0 Å². The number of hydrogen-bond acceptors (Lipinski definition) is 1. The van der Waals surface area contributed by atoms with E-state index in [-0.39, 0.29) is 31.2 Å². The second kappa shape index (κ2) is 16.1. The number of hydrogen-bond donors (Lipinski definition) is 1. The molecule has 0 aliphatic carbocycles. The Morgan fingerprint density at radius 1 is 0.800 bits per heavy atom. The fraction of sp³-hybridized carbons (Fsp3) is 1.00. The summed E-state index contributed by atoms with van der Waals surface area (Å²) in [7, 11) is 0. The number of rotatable bonds is 0. The molecule has 72 valence electrons. The maximum Gasteiger partial charge on any atom is 0.438 e. The van der Waals surface area contributed by atoms with Crippen LogP contribution in [0, 0.1) is 0 Å². The predicted octanol–water partition coefficient (Wildman–Crippen LogP) is 2.47. The topological polar surface area (TPSA) is 0 Å². The van der Waals surface area contributed by atoms with Crippen molar-refractivity contribution in [2.45, 2.75) is 5.51 Å². The molecule has 0 radical (unpaired) electrons. The molecular weight excluding hydrogens is 213 g/mol. The second-order valence-corrected chi connectivity index (χ2v) is 0.975. The van der Waals surface area contributed by atoms with Gasteiger partial charge in [0.25, 0.3) is 0 Å². The SMILES string of the molecule is Cl.F.F.F.F.FC(F)(F)S. The number of alkyl halides is 3. The Morgan fingerprint density at radius 2 is 0.800 bits per heavy atom. The van der Waals surface area contributed by atoms with E-state index < -0.39 is 5.51 Å². The molecule has 0 spiro atoms. The van der Waals surface area contributed by atoms with Gasteiger partial charge in [0, 0.05) is 0 Å². The van der Waals surface area contributed by atoms with Gasteiger partial charge < -0.3 is 0 Å². The zero-order valence-corrected chi connectivity index (χ0v) is 5.83. The Bertz CT molecular complexity index is 29.1. The van der Waals surface area contributed by atoms with Crippen LogP contribution in [0.1, 0.15) is 0 Å². The smallest absolute Gasteiger partial charge is 0.269 e. The highest BCUT2D eigenvalue weighted by Crippen LogP contribution is 2.17. The van der Waals surface area contributed by atoms with E-state index in [4.69, 9.17) is 0 Å². The Balaban J connectivity index is -0.00000000800. The van der Waals surface area contributed by atoms with Crippen LogP contribution in [0.25, 0.3) is 0 Å². The first-order valence-electron chi connectivity index (χ1n) is 0.791. The fourth-order valence-corrected chi connectivity index (χ4v) is 0. The fourth-order valence-electron chi connectivity index (χ4n) is 0. The Labute approximate surface area is 63.5 Å². The molecule has 0 rings (SSSR count). The Kier molecular flexibility index (Phi) is 79.3. The summed E-state index contributed by atoms with van der Waals surface area (Å²) in [5.41, 5.74) is -4.31. The molecule has 0 saturated carbocycles. The highest BCUT2D eigenvalue weighted by molar-refractivity contribution is 7.81. The van der Waals surface area contributed by atoms with Crippen LogP contribution in [0.3, 0.4) is 0 Å². The average Bonchev–Trinajstić information content (AvgIpc) is 0.722. The third kappa shape index (κ3) is 18500. The first kappa shape index (κ1) is 49.3. The first-order valence-corrected chi connectivity index (χ1v) is 1.24. The highest BCUT2D eigenvalue weighted by Gasteiger charge is 2.17. The van der Waals surface area contributed by atoms with Crippen LogP contribution in [-0.4, -0.2) is 5.51 Å². The van der Waals surface area contributed by atoms with Crippen LogP contribution in [0.4, 0.5) is 32.0 Å². The lowest BCUT2D eigenvalue weighted by molar-refractivity contribution is -0.0303.